The van der Waals surface area contributed by atoms with E-state index in [0.717, 1.165) is 39.0 Å². The van der Waals surface area contributed by atoms with Crippen molar-refractivity contribution >= 4 is 17.5 Å². The zero-order valence-electron chi connectivity index (χ0n) is 19.2. The number of carbonyl (C=O) groups excluding carboxylic acids is 2. The highest BCUT2D eigenvalue weighted by Gasteiger charge is 2.45. The minimum absolute atomic E-state index is 0.0835. The lowest BCUT2D eigenvalue weighted by molar-refractivity contribution is -0.136. The van der Waals surface area contributed by atoms with Gasteiger partial charge in [-0.1, -0.05) is 48.0 Å². The van der Waals surface area contributed by atoms with Crippen molar-refractivity contribution in [3.8, 4) is 0 Å². The predicted octanol–water partition coefficient (Wildman–Crippen LogP) is 3.60. The van der Waals surface area contributed by atoms with E-state index in [1.54, 1.807) is 0 Å². The van der Waals surface area contributed by atoms with Gasteiger partial charge >= 0.3 is 0 Å². The Morgan fingerprint density at radius 2 is 1.47 bits per heavy atom. The number of para-hydroxylation sites is 1. The summed E-state index contributed by atoms with van der Waals surface area (Å²) in [5.41, 5.74) is 4.93. The third-order valence-electron chi connectivity index (χ3n) is 7.43. The molecule has 3 fully saturated rings. The van der Waals surface area contributed by atoms with E-state index in [4.69, 9.17) is 0 Å². The van der Waals surface area contributed by atoms with Gasteiger partial charge < -0.3 is 14.7 Å². The number of rotatable bonds is 4. The van der Waals surface area contributed by atoms with Crippen molar-refractivity contribution in [2.24, 2.45) is 11.8 Å². The van der Waals surface area contributed by atoms with Crippen LogP contribution in [0.2, 0.25) is 0 Å². The molecular weight excluding hydrogens is 398 g/mol. The normalized spacial score (nSPS) is 23.5. The van der Waals surface area contributed by atoms with E-state index in [-0.39, 0.29) is 29.6 Å². The summed E-state index contributed by atoms with van der Waals surface area (Å²) in [5.74, 6) is 0.596. The average molecular weight is 432 g/mol. The summed E-state index contributed by atoms with van der Waals surface area (Å²) in [5, 5.41) is 0. The van der Waals surface area contributed by atoms with Crippen molar-refractivity contribution in [2.75, 3.05) is 44.2 Å². The maximum Gasteiger partial charge on any atom is 0.228 e. The zero-order valence-corrected chi connectivity index (χ0v) is 19.2. The topological polar surface area (TPSA) is 43.9 Å². The summed E-state index contributed by atoms with van der Waals surface area (Å²) >= 11 is 0. The Kier molecular flexibility index (Phi) is 5.66. The molecule has 5 rings (SSSR count). The third kappa shape index (κ3) is 4.13. The molecule has 2 heterocycles. The van der Waals surface area contributed by atoms with Gasteiger partial charge in [-0.3, -0.25) is 9.59 Å². The van der Waals surface area contributed by atoms with Crippen LogP contribution >= 0.6 is 0 Å². The summed E-state index contributed by atoms with van der Waals surface area (Å²) in [6.07, 6.45) is 2.01. The van der Waals surface area contributed by atoms with E-state index < -0.39 is 0 Å². The van der Waals surface area contributed by atoms with Crippen molar-refractivity contribution in [1.29, 1.82) is 0 Å². The van der Waals surface area contributed by atoms with Gasteiger partial charge in [-0.2, -0.15) is 0 Å². The summed E-state index contributed by atoms with van der Waals surface area (Å²) in [6, 6.07) is 17.0. The maximum absolute atomic E-state index is 13.7. The molecule has 5 nitrogen and oxygen atoms in total. The van der Waals surface area contributed by atoms with Crippen LogP contribution in [0.4, 0.5) is 5.69 Å². The molecule has 5 heteroatoms. The van der Waals surface area contributed by atoms with E-state index in [1.807, 2.05) is 9.80 Å². The van der Waals surface area contributed by atoms with Gasteiger partial charge in [0.15, 0.2) is 0 Å². The fourth-order valence-corrected chi connectivity index (χ4v) is 5.29. The number of likely N-dealkylation sites (tertiary alicyclic amines) is 1. The van der Waals surface area contributed by atoms with E-state index in [1.165, 1.54) is 22.4 Å². The lowest BCUT2D eigenvalue weighted by atomic mass is 9.87. The molecule has 2 aromatic carbocycles. The van der Waals surface area contributed by atoms with Crippen LogP contribution in [0.5, 0.6) is 0 Å². The van der Waals surface area contributed by atoms with Gasteiger partial charge in [-0.15, -0.1) is 0 Å². The third-order valence-corrected chi connectivity index (χ3v) is 7.43. The Morgan fingerprint density at radius 3 is 2.12 bits per heavy atom. The van der Waals surface area contributed by atoms with Crippen LogP contribution in [0.15, 0.2) is 48.5 Å². The van der Waals surface area contributed by atoms with Crippen molar-refractivity contribution in [3.63, 3.8) is 0 Å². The largest absolute Gasteiger partial charge is 0.368 e. The van der Waals surface area contributed by atoms with Crippen molar-refractivity contribution in [1.82, 2.24) is 9.80 Å². The van der Waals surface area contributed by atoms with Crippen molar-refractivity contribution in [3.05, 3.63) is 65.2 Å². The minimum atomic E-state index is -0.148. The molecule has 0 spiro atoms. The molecule has 0 N–H and O–H groups in total. The minimum Gasteiger partial charge on any atom is -0.368 e. The molecule has 2 amide bonds. The fourth-order valence-electron chi connectivity index (χ4n) is 5.29. The maximum atomic E-state index is 13.7. The van der Waals surface area contributed by atoms with Gasteiger partial charge in [0.25, 0.3) is 0 Å². The van der Waals surface area contributed by atoms with Crippen LogP contribution in [0.3, 0.4) is 0 Å². The van der Waals surface area contributed by atoms with E-state index in [0.29, 0.717) is 13.1 Å². The molecule has 32 heavy (non-hydrogen) atoms. The number of hydrogen-bond donors (Lipinski definition) is 0. The fraction of sp³-hybridized carbons (Fsp3) is 0.481. The second-order valence-electron chi connectivity index (χ2n) is 9.74. The molecule has 168 valence electrons. The first-order valence-corrected chi connectivity index (χ1v) is 12.0. The van der Waals surface area contributed by atoms with Crippen molar-refractivity contribution in [2.45, 2.75) is 32.6 Å². The monoisotopic (exact) mass is 431 g/mol. The standard InChI is InChI=1S/C27H33N3O2/c1-19-7-9-21(10-8-19)23-17-30(26(31)22-11-12-22)18-24(23)27(32)29-15-13-28(14-16-29)25-6-4-3-5-20(25)2/h3-10,22-24H,11-18H2,1-2H3. The molecule has 2 aromatic rings. The highest BCUT2D eigenvalue weighted by molar-refractivity contribution is 5.85. The molecular formula is C27H33N3O2. The Labute approximate surface area is 191 Å². The molecule has 2 saturated heterocycles. The molecule has 2 unspecified atom stereocenters. The quantitative estimate of drug-likeness (QED) is 0.743. The summed E-state index contributed by atoms with van der Waals surface area (Å²) < 4.78 is 0. The van der Waals surface area contributed by atoms with Crippen LogP contribution in [0.1, 0.15) is 35.4 Å². The number of aryl methyl sites for hydroxylation is 2. The SMILES string of the molecule is Cc1ccc(C2CN(C(=O)C3CC3)CC2C(=O)N2CCN(c3ccccc3C)CC2)cc1. The van der Waals surface area contributed by atoms with Gasteiger partial charge in [-0.05, 0) is 43.9 Å². The number of hydrogen-bond acceptors (Lipinski definition) is 3. The zero-order chi connectivity index (χ0) is 22.2. The Hall–Kier alpha value is -2.82. The number of nitrogens with zero attached hydrogens (tertiary/aromatic N) is 3. The summed E-state index contributed by atoms with van der Waals surface area (Å²) in [4.78, 5) is 32.9. The Bertz CT molecular complexity index is 990. The highest BCUT2D eigenvalue weighted by Crippen LogP contribution is 2.38. The van der Waals surface area contributed by atoms with Crippen LogP contribution in [0, 0.1) is 25.7 Å². The predicted molar refractivity (Wildman–Crippen MR) is 127 cm³/mol. The van der Waals surface area contributed by atoms with Crippen LogP contribution in [-0.2, 0) is 9.59 Å². The molecule has 2 aliphatic heterocycles. The molecule has 0 radical (unpaired) electrons. The average Bonchev–Trinajstić information content (AvgIpc) is 3.57. The molecule has 3 aliphatic rings. The summed E-state index contributed by atoms with van der Waals surface area (Å²) in [6.45, 7) is 8.62. The first-order chi connectivity index (χ1) is 15.5. The van der Waals surface area contributed by atoms with Gasteiger partial charge in [0.05, 0.1) is 5.92 Å². The molecule has 1 saturated carbocycles. The highest BCUT2D eigenvalue weighted by atomic mass is 16.2. The lowest BCUT2D eigenvalue weighted by Crippen LogP contribution is -2.51. The number of anilines is 1. The number of piperazine rings is 1. The second kappa shape index (κ2) is 8.61. The first kappa shape index (κ1) is 21.0. The Balaban J connectivity index is 1.31. The molecule has 0 bridgehead atoms. The smallest absolute Gasteiger partial charge is 0.228 e. The number of carbonyl (C=O) groups is 2. The Morgan fingerprint density at radius 1 is 0.781 bits per heavy atom. The molecule has 1 aliphatic carbocycles. The number of benzene rings is 2. The molecule has 0 aromatic heterocycles. The van der Waals surface area contributed by atoms with E-state index >= 15 is 0 Å². The van der Waals surface area contributed by atoms with Crippen LogP contribution < -0.4 is 4.90 Å². The van der Waals surface area contributed by atoms with Gasteiger partial charge in [0.2, 0.25) is 11.8 Å². The lowest BCUT2D eigenvalue weighted by Gasteiger charge is -2.38. The molecule has 2 atom stereocenters. The van der Waals surface area contributed by atoms with Gasteiger partial charge in [0, 0.05) is 56.8 Å². The number of amides is 2. The second-order valence-corrected chi connectivity index (χ2v) is 9.74. The first-order valence-electron chi connectivity index (χ1n) is 12.0. The van der Waals surface area contributed by atoms with Crippen LogP contribution in [-0.4, -0.2) is 60.9 Å². The van der Waals surface area contributed by atoms with Crippen molar-refractivity contribution < 1.29 is 9.59 Å². The van der Waals surface area contributed by atoms with E-state index in [2.05, 4.69) is 67.3 Å². The summed E-state index contributed by atoms with van der Waals surface area (Å²) in [7, 11) is 0. The van der Waals surface area contributed by atoms with E-state index in [9.17, 15) is 9.59 Å². The van der Waals surface area contributed by atoms with Gasteiger partial charge in [0.1, 0.15) is 0 Å². The van der Waals surface area contributed by atoms with Crippen LogP contribution in [0.25, 0.3) is 0 Å². The van der Waals surface area contributed by atoms with Gasteiger partial charge in [-0.25, -0.2) is 0 Å².